The standard InChI is InChI=1S/C51H30N4O/c1-3-13-31(14-4-1)49-52-50(32-15-5-2-6-16-32)54-51(53-49)43-27-37-21-11-12-22-39(37)48-47(43)42-30-38(23-24-46(42)56-48)55-44-28-35-19-9-7-17-33(35)25-40(44)41-26-34-18-8-10-20-36(34)29-45(41)55/h1-30H. The van der Waals surface area contributed by atoms with Gasteiger partial charge in [0.05, 0.1) is 11.0 Å². The van der Waals surface area contributed by atoms with Gasteiger partial charge >= 0.3 is 0 Å². The lowest BCUT2D eigenvalue weighted by Crippen LogP contribution is -2.00. The van der Waals surface area contributed by atoms with E-state index in [2.05, 4.69) is 126 Å². The fraction of sp³-hybridized carbons (Fsp3) is 0. The number of aromatic nitrogens is 4. The van der Waals surface area contributed by atoms with Gasteiger partial charge in [0.2, 0.25) is 0 Å². The van der Waals surface area contributed by atoms with Crippen LogP contribution in [0.15, 0.2) is 186 Å². The van der Waals surface area contributed by atoms with Gasteiger partial charge in [0.1, 0.15) is 11.2 Å². The molecule has 12 aromatic rings. The van der Waals surface area contributed by atoms with Crippen molar-refractivity contribution in [2.75, 3.05) is 0 Å². The predicted octanol–water partition coefficient (Wildman–Crippen LogP) is 13.3. The highest BCUT2D eigenvalue weighted by atomic mass is 16.3. The van der Waals surface area contributed by atoms with E-state index in [1.165, 1.54) is 32.3 Å². The van der Waals surface area contributed by atoms with Crippen LogP contribution in [0.3, 0.4) is 0 Å². The van der Waals surface area contributed by atoms with Crippen LogP contribution in [0.25, 0.3) is 116 Å². The van der Waals surface area contributed by atoms with Gasteiger partial charge in [-0.2, -0.15) is 0 Å². The van der Waals surface area contributed by atoms with Gasteiger partial charge in [-0.1, -0.05) is 133 Å². The molecule has 0 aliphatic heterocycles. The summed E-state index contributed by atoms with van der Waals surface area (Å²) in [6.07, 6.45) is 0. The van der Waals surface area contributed by atoms with E-state index in [0.717, 1.165) is 66.1 Å². The number of hydrogen-bond donors (Lipinski definition) is 0. The minimum Gasteiger partial charge on any atom is -0.455 e. The molecule has 0 N–H and O–H groups in total. The average Bonchev–Trinajstić information content (AvgIpc) is 3.80. The van der Waals surface area contributed by atoms with Gasteiger partial charge in [-0.05, 0) is 75.5 Å². The Labute approximate surface area is 320 Å². The van der Waals surface area contributed by atoms with Crippen molar-refractivity contribution < 1.29 is 4.42 Å². The third-order valence-electron chi connectivity index (χ3n) is 11.1. The van der Waals surface area contributed by atoms with Gasteiger partial charge in [-0.15, -0.1) is 0 Å². The van der Waals surface area contributed by atoms with Gasteiger partial charge in [-0.3, -0.25) is 0 Å². The Kier molecular flexibility index (Phi) is 6.56. The third-order valence-corrected chi connectivity index (χ3v) is 11.1. The summed E-state index contributed by atoms with van der Waals surface area (Å²) in [6.45, 7) is 0. The molecule has 3 aromatic heterocycles. The van der Waals surface area contributed by atoms with Crippen LogP contribution in [-0.4, -0.2) is 19.5 Å². The molecule has 0 atom stereocenters. The highest BCUT2D eigenvalue weighted by Crippen LogP contribution is 2.43. The summed E-state index contributed by atoms with van der Waals surface area (Å²) in [6, 6.07) is 64.0. The zero-order valence-corrected chi connectivity index (χ0v) is 30.0. The van der Waals surface area contributed by atoms with Crippen molar-refractivity contribution in [3.05, 3.63) is 182 Å². The van der Waals surface area contributed by atoms with Crippen molar-refractivity contribution >= 4 is 76.1 Å². The van der Waals surface area contributed by atoms with Crippen LogP contribution in [0.5, 0.6) is 0 Å². The summed E-state index contributed by atoms with van der Waals surface area (Å²) in [5, 5.41) is 11.4. The van der Waals surface area contributed by atoms with Crippen LogP contribution >= 0.6 is 0 Å². The van der Waals surface area contributed by atoms with Crippen molar-refractivity contribution in [3.63, 3.8) is 0 Å². The van der Waals surface area contributed by atoms with E-state index in [0.29, 0.717) is 17.5 Å². The van der Waals surface area contributed by atoms with Crippen molar-refractivity contribution in [2.45, 2.75) is 0 Å². The number of furan rings is 1. The van der Waals surface area contributed by atoms with Gasteiger partial charge < -0.3 is 8.98 Å². The highest BCUT2D eigenvalue weighted by Gasteiger charge is 2.22. The molecule has 5 heteroatoms. The van der Waals surface area contributed by atoms with E-state index in [1.54, 1.807) is 0 Å². The molecule has 0 saturated heterocycles. The number of fused-ring (bicyclic) bond motifs is 10. The van der Waals surface area contributed by atoms with E-state index in [9.17, 15) is 0 Å². The zero-order chi connectivity index (χ0) is 36.7. The summed E-state index contributed by atoms with van der Waals surface area (Å²) in [4.78, 5) is 15.4. The average molecular weight is 715 g/mol. The lowest BCUT2D eigenvalue weighted by Gasteiger charge is -2.11. The molecule has 0 amide bonds. The van der Waals surface area contributed by atoms with Crippen LogP contribution in [0.4, 0.5) is 0 Å². The van der Waals surface area contributed by atoms with Crippen molar-refractivity contribution in [2.24, 2.45) is 0 Å². The summed E-state index contributed by atoms with van der Waals surface area (Å²) in [5.74, 6) is 1.83. The van der Waals surface area contributed by atoms with Crippen LogP contribution in [0.1, 0.15) is 0 Å². The molecule has 0 fully saturated rings. The van der Waals surface area contributed by atoms with Crippen LogP contribution in [0, 0.1) is 0 Å². The van der Waals surface area contributed by atoms with E-state index >= 15 is 0 Å². The smallest absolute Gasteiger partial charge is 0.164 e. The Bertz CT molecular complexity index is 3380. The quantitative estimate of drug-likeness (QED) is 0.182. The SMILES string of the molecule is c1ccc(-c2nc(-c3ccccc3)nc(-c3cc4ccccc4c4oc5ccc(-n6c7cc8ccccc8cc7c7cc8ccccc8cc76)cc5c34)n2)cc1. The highest BCUT2D eigenvalue weighted by molar-refractivity contribution is 6.22. The molecular weight excluding hydrogens is 685 g/mol. The zero-order valence-electron chi connectivity index (χ0n) is 30.0. The molecule has 56 heavy (non-hydrogen) atoms. The lowest BCUT2D eigenvalue weighted by molar-refractivity contribution is 0.672. The molecule has 0 unspecified atom stereocenters. The second-order valence-electron chi connectivity index (χ2n) is 14.4. The number of nitrogens with zero attached hydrogens (tertiary/aromatic N) is 4. The molecule has 0 aliphatic rings. The second-order valence-corrected chi connectivity index (χ2v) is 14.4. The molecule has 3 heterocycles. The first kappa shape index (κ1) is 30.8. The molecule has 5 nitrogen and oxygen atoms in total. The summed E-state index contributed by atoms with van der Waals surface area (Å²) < 4.78 is 9.25. The maximum atomic E-state index is 6.84. The summed E-state index contributed by atoms with van der Waals surface area (Å²) in [7, 11) is 0. The van der Waals surface area contributed by atoms with Crippen LogP contribution < -0.4 is 0 Å². The van der Waals surface area contributed by atoms with Gasteiger partial charge in [0.25, 0.3) is 0 Å². The fourth-order valence-electron chi connectivity index (χ4n) is 8.51. The fourth-order valence-corrected chi connectivity index (χ4v) is 8.51. The van der Waals surface area contributed by atoms with Crippen molar-refractivity contribution in [1.29, 1.82) is 0 Å². The number of benzene rings is 9. The van der Waals surface area contributed by atoms with E-state index in [4.69, 9.17) is 19.4 Å². The molecule has 0 spiro atoms. The first-order chi connectivity index (χ1) is 27.7. The van der Waals surface area contributed by atoms with Crippen molar-refractivity contribution in [1.82, 2.24) is 19.5 Å². The first-order valence-corrected chi connectivity index (χ1v) is 18.8. The maximum Gasteiger partial charge on any atom is 0.164 e. The largest absolute Gasteiger partial charge is 0.455 e. The maximum absolute atomic E-state index is 6.84. The normalized spacial score (nSPS) is 11.9. The van der Waals surface area contributed by atoms with E-state index in [1.807, 2.05) is 60.7 Å². The summed E-state index contributed by atoms with van der Waals surface area (Å²) >= 11 is 0. The van der Waals surface area contributed by atoms with E-state index < -0.39 is 0 Å². The molecule has 0 bridgehead atoms. The lowest BCUT2D eigenvalue weighted by atomic mass is 9.99. The molecule has 12 rings (SSSR count). The molecule has 260 valence electrons. The van der Waals surface area contributed by atoms with Gasteiger partial charge in [0, 0.05) is 49.3 Å². The number of rotatable bonds is 4. The Morgan fingerprint density at radius 2 is 0.875 bits per heavy atom. The Balaban J connectivity index is 1.18. The first-order valence-electron chi connectivity index (χ1n) is 18.8. The van der Waals surface area contributed by atoms with Gasteiger partial charge in [-0.25, -0.2) is 15.0 Å². The minimum atomic E-state index is 0.594. The molecular formula is C51H30N4O. The van der Waals surface area contributed by atoms with Crippen LogP contribution in [-0.2, 0) is 0 Å². The second kappa shape index (κ2) is 11.9. The molecule has 9 aromatic carbocycles. The minimum absolute atomic E-state index is 0.594. The Morgan fingerprint density at radius 3 is 1.46 bits per heavy atom. The Hall–Kier alpha value is -7.63. The summed E-state index contributed by atoms with van der Waals surface area (Å²) in [5.41, 5.74) is 7.73. The topological polar surface area (TPSA) is 56.7 Å². The Morgan fingerprint density at radius 1 is 0.375 bits per heavy atom. The molecule has 0 aliphatic carbocycles. The third kappa shape index (κ3) is 4.71. The number of hydrogen-bond acceptors (Lipinski definition) is 4. The van der Waals surface area contributed by atoms with Crippen molar-refractivity contribution in [3.8, 4) is 39.9 Å². The molecule has 0 saturated carbocycles. The predicted molar refractivity (Wildman–Crippen MR) is 230 cm³/mol. The molecule has 0 radical (unpaired) electrons. The monoisotopic (exact) mass is 714 g/mol. The van der Waals surface area contributed by atoms with Crippen LogP contribution in [0.2, 0.25) is 0 Å². The van der Waals surface area contributed by atoms with E-state index in [-0.39, 0.29) is 0 Å². The van der Waals surface area contributed by atoms with Gasteiger partial charge in [0.15, 0.2) is 17.5 Å².